The fourth-order valence-electron chi connectivity index (χ4n) is 3.01. The number of nitrogens with two attached hydrogens (primary N) is 1. The number of ether oxygens (including phenoxy) is 1. The molecule has 0 unspecified atom stereocenters. The first-order chi connectivity index (χ1) is 14.3. The molecule has 0 saturated heterocycles. The van der Waals surface area contributed by atoms with Crippen LogP contribution in [0.2, 0.25) is 0 Å². The van der Waals surface area contributed by atoms with Crippen LogP contribution in [0.5, 0.6) is 5.75 Å². The average Bonchev–Trinajstić information content (AvgIpc) is 2.60. The van der Waals surface area contributed by atoms with Crippen LogP contribution in [-0.4, -0.2) is 14.8 Å². The quantitative estimate of drug-likeness (QED) is 0.390. The number of benzene rings is 3. The maximum atomic E-state index is 14.1. The van der Waals surface area contributed by atoms with E-state index in [9.17, 15) is 30.4 Å². The van der Waals surface area contributed by atoms with Crippen LogP contribution in [0.25, 0.3) is 22.3 Å². The van der Waals surface area contributed by atoms with E-state index in [0.717, 1.165) is 12.1 Å². The van der Waals surface area contributed by atoms with Crippen LogP contribution in [0.1, 0.15) is 5.56 Å². The molecule has 3 rings (SSSR count). The molecule has 0 aromatic heterocycles. The minimum absolute atomic E-state index is 0.0503. The molecule has 4 nitrogen and oxygen atoms in total. The number of alkyl halides is 3. The summed E-state index contributed by atoms with van der Waals surface area (Å²) in [5.74, 6) is -3.01. The first-order valence-electron chi connectivity index (χ1n) is 8.48. The molecule has 0 radical (unpaired) electrons. The molecule has 0 amide bonds. The van der Waals surface area contributed by atoms with Gasteiger partial charge in [-0.15, -0.1) is 25.8 Å². The number of sulfonamides is 1. The van der Waals surface area contributed by atoms with E-state index in [-0.39, 0.29) is 16.9 Å². The molecule has 164 valence electrons. The van der Waals surface area contributed by atoms with Crippen molar-refractivity contribution in [1.29, 1.82) is 0 Å². The molecule has 0 aliphatic heterocycles. The summed E-state index contributed by atoms with van der Waals surface area (Å²) in [6, 6.07) is 10.3. The molecule has 0 aliphatic rings. The molecule has 31 heavy (non-hydrogen) atoms. The Morgan fingerprint density at radius 3 is 1.97 bits per heavy atom. The highest BCUT2D eigenvalue weighted by atomic mass is 32.2. The summed E-state index contributed by atoms with van der Waals surface area (Å²) in [5, 5.41) is 4.82. The lowest BCUT2D eigenvalue weighted by molar-refractivity contribution is -0.274. The SMILES string of the molecule is Cc1cc(-c2ccc(-c3cc(F)c(S(N)(=O)=O)c(F)c3)cc2S)ccc1OC(F)(F)F. The molecule has 3 aromatic rings. The lowest BCUT2D eigenvalue weighted by atomic mass is 9.98. The van der Waals surface area contributed by atoms with Gasteiger partial charge in [0.1, 0.15) is 17.4 Å². The van der Waals surface area contributed by atoms with Crippen molar-refractivity contribution >= 4 is 22.7 Å². The minimum Gasteiger partial charge on any atom is -0.406 e. The number of halogens is 5. The summed E-state index contributed by atoms with van der Waals surface area (Å²) in [6.07, 6.45) is -4.81. The smallest absolute Gasteiger partial charge is 0.406 e. The summed E-state index contributed by atoms with van der Waals surface area (Å²) in [6.45, 7) is 1.45. The summed E-state index contributed by atoms with van der Waals surface area (Å²) in [4.78, 5) is -0.853. The van der Waals surface area contributed by atoms with Gasteiger partial charge in [-0.2, -0.15) is 0 Å². The molecule has 0 atom stereocenters. The predicted octanol–water partition coefficient (Wildman–Crippen LogP) is 5.44. The van der Waals surface area contributed by atoms with Crippen LogP contribution in [0.3, 0.4) is 0 Å². The molecule has 0 spiro atoms. The zero-order valence-corrected chi connectivity index (χ0v) is 17.4. The molecule has 2 N–H and O–H groups in total. The van der Waals surface area contributed by atoms with Crippen molar-refractivity contribution in [3.05, 3.63) is 65.7 Å². The highest BCUT2D eigenvalue weighted by Gasteiger charge is 2.31. The number of hydrogen-bond donors (Lipinski definition) is 2. The lowest BCUT2D eigenvalue weighted by Crippen LogP contribution is -2.17. The third kappa shape index (κ3) is 5.17. The second-order valence-corrected chi connectivity index (χ2v) is 8.55. The van der Waals surface area contributed by atoms with Gasteiger partial charge < -0.3 is 4.74 Å². The van der Waals surface area contributed by atoms with Crippen molar-refractivity contribution in [1.82, 2.24) is 0 Å². The Labute approximate surface area is 179 Å². The molecular weight excluding hydrogens is 461 g/mol. The van der Waals surface area contributed by atoms with Gasteiger partial charge in [0.2, 0.25) is 10.0 Å². The lowest BCUT2D eigenvalue weighted by Gasteiger charge is -2.14. The van der Waals surface area contributed by atoms with E-state index in [0.29, 0.717) is 21.6 Å². The highest BCUT2D eigenvalue weighted by molar-refractivity contribution is 7.89. The van der Waals surface area contributed by atoms with Gasteiger partial charge in [-0.1, -0.05) is 18.2 Å². The molecule has 0 aliphatic carbocycles. The van der Waals surface area contributed by atoms with E-state index in [1.807, 2.05) is 0 Å². The van der Waals surface area contributed by atoms with Crippen LogP contribution in [-0.2, 0) is 10.0 Å². The zero-order chi connectivity index (χ0) is 23.1. The summed E-state index contributed by atoms with van der Waals surface area (Å²) in [5.41, 5.74) is 1.73. The van der Waals surface area contributed by atoms with Crippen LogP contribution in [0.4, 0.5) is 22.0 Å². The van der Waals surface area contributed by atoms with Crippen molar-refractivity contribution in [2.24, 2.45) is 5.14 Å². The maximum Gasteiger partial charge on any atom is 0.573 e. The Bertz CT molecular complexity index is 1250. The van der Waals surface area contributed by atoms with Gasteiger partial charge >= 0.3 is 6.36 Å². The second-order valence-electron chi connectivity index (χ2n) is 6.57. The summed E-state index contributed by atoms with van der Waals surface area (Å²) < 4.78 is 92.1. The molecule has 0 bridgehead atoms. The van der Waals surface area contributed by atoms with Crippen LogP contribution < -0.4 is 9.88 Å². The maximum absolute atomic E-state index is 14.1. The molecular formula is C20H14F5NO3S2. The van der Waals surface area contributed by atoms with Gasteiger partial charge in [-0.05, 0) is 65.1 Å². The first-order valence-corrected chi connectivity index (χ1v) is 10.5. The van der Waals surface area contributed by atoms with Crippen molar-refractivity contribution in [2.75, 3.05) is 0 Å². The number of rotatable bonds is 4. The van der Waals surface area contributed by atoms with Gasteiger partial charge in [0.05, 0.1) is 0 Å². The predicted molar refractivity (Wildman–Crippen MR) is 107 cm³/mol. The van der Waals surface area contributed by atoms with Gasteiger partial charge in [-0.3, -0.25) is 0 Å². The zero-order valence-electron chi connectivity index (χ0n) is 15.7. The average molecular weight is 475 g/mol. The molecule has 0 fully saturated rings. The van der Waals surface area contributed by atoms with E-state index in [1.54, 1.807) is 6.07 Å². The molecule has 0 saturated carbocycles. The summed E-state index contributed by atoms with van der Waals surface area (Å²) >= 11 is 4.36. The topological polar surface area (TPSA) is 69.4 Å². The number of thiol groups is 1. The van der Waals surface area contributed by atoms with Crippen LogP contribution in [0, 0.1) is 18.6 Å². The van der Waals surface area contributed by atoms with E-state index < -0.39 is 32.9 Å². The van der Waals surface area contributed by atoms with Gasteiger partial charge in [0, 0.05) is 4.90 Å². The first kappa shape index (κ1) is 23.0. The van der Waals surface area contributed by atoms with E-state index in [1.165, 1.54) is 37.3 Å². The van der Waals surface area contributed by atoms with Crippen molar-refractivity contribution in [3.8, 4) is 28.0 Å². The number of hydrogen-bond acceptors (Lipinski definition) is 4. The molecule has 3 aromatic carbocycles. The summed E-state index contributed by atoms with van der Waals surface area (Å²) in [7, 11) is -4.58. The Morgan fingerprint density at radius 2 is 1.48 bits per heavy atom. The fourth-order valence-corrected chi connectivity index (χ4v) is 4.01. The Kier molecular flexibility index (Phi) is 6.05. The van der Waals surface area contributed by atoms with E-state index in [4.69, 9.17) is 5.14 Å². The van der Waals surface area contributed by atoms with Crippen molar-refractivity contribution < 1.29 is 35.1 Å². The third-order valence-electron chi connectivity index (χ3n) is 4.33. The Hall–Kier alpha value is -2.63. The normalized spacial score (nSPS) is 12.1. The van der Waals surface area contributed by atoms with Gasteiger partial charge in [0.15, 0.2) is 4.90 Å². The van der Waals surface area contributed by atoms with Crippen molar-refractivity contribution in [2.45, 2.75) is 23.1 Å². The Balaban J connectivity index is 1.99. The van der Waals surface area contributed by atoms with Crippen molar-refractivity contribution in [3.63, 3.8) is 0 Å². The number of aryl methyl sites for hydroxylation is 1. The van der Waals surface area contributed by atoms with E-state index >= 15 is 0 Å². The van der Waals surface area contributed by atoms with Gasteiger partial charge in [0.25, 0.3) is 0 Å². The van der Waals surface area contributed by atoms with E-state index in [2.05, 4.69) is 17.4 Å². The molecule has 11 heteroatoms. The largest absolute Gasteiger partial charge is 0.573 e. The van der Waals surface area contributed by atoms with Crippen LogP contribution in [0.15, 0.2) is 58.3 Å². The van der Waals surface area contributed by atoms with Gasteiger partial charge in [-0.25, -0.2) is 22.3 Å². The third-order valence-corrected chi connectivity index (χ3v) is 5.65. The standard InChI is InChI=1S/C20H14F5NO3S2/c1-10-6-12(3-5-17(10)29-20(23,24)25)14-4-2-11(9-18(14)30)13-7-15(21)19(16(22)8-13)31(26,27)28/h2-9,30H,1H3,(H2,26,27,28). The van der Waals surface area contributed by atoms with Crippen LogP contribution >= 0.6 is 12.6 Å². The number of primary sulfonamides is 1. The Morgan fingerprint density at radius 1 is 0.903 bits per heavy atom. The molecule has 0 heterocycles. The minimum atomic E-state index is -4.81. The monoisotopic (exact) mass is 475 g/mol. The fraction of sp³-hybridized carbons (Fsp3) is 0.100. The second kappa shape index (κ2) is 8.13. The highest BCUT2D eigenvalue weighted by Crippen LogP contribution is 2.35.